The Balaban J connectivity index is 2.19. The zero-order valence-electron chi connectivity index (χ0n) is 12.8. The van der Waals surface area contributed by atoms with Gasteiger partial charge < -0.3 is 11.1 Å². The summed E-state index contributed by atoms with van der Waals surface area (Å²) in [5.41, 5.74) is 5.97. The van der Waals surface area contributed by atoms with E-state index in [9.17, 15) is 4.79 Å². The van der Waals surface area contributed by atoms with E-state index in [-0.39, 0.29) is 5.91 Å². The summed E-state index contributed by atoms with van der Waals surface area (Å²) in [6, 6.07) is 0.319. The van der Waals surface area contributed by atoms with Crippen LogP contribution in [-0.4, -0.2) is 18.5 Å². The van der Waals surface area contributed by atoms with Crippen molar-refractivity contribution in [1.29, 1.82) is 0 Å². The third kappa shape index (κ3) is 6.95. The van der Waals surface area contributed by atoms with Crippen LogP contribution < -0.4 is 11.1 Å². The Morgan fingerprint density at radius 1 is 1.37 bits per heavy atom. The Bertz CT molecular complexity index is 255. The Morgan fingerprint density at radius 3 is 2.79 bits per heavy atom. The number of hydrogen-bond acceptors (Lipinski definition) is 2. The highest BCUT2D eigenvalue weighted by Gasteiger charge is 2.21. The number of rotatable bonds is 8. The molecule has 3 unspecified atom stereocenters. The van der Waals surface area contributed by atoms with Crippen LogP contribution in [0.1, 0.15) is 71.6 Å². The van der Waals surface area contributed by atoms with Crippen LogP contribution >= 0.6 is 0 Å². The maximum absolute atomic E-state index is 12.0. The first-order valence-electron chi connectivity index (χ1n) is 8.17. The van der Waals surface area contributed by atoms with Crippen LogP contribution in [-0.2, 0) is 4.79 Å². The van der Waals surface area contributed by atoms with Crippen molar-refractivity contribution in [2.45, 2.75) is 77.7 Å². The average Bonchev–Trinajstić information content (AvgIpc) is 2.39. The van der Waals surface area contributed by atoms with Crippen molar-refractivity contribution >= 4 is 5.91 Å². The Labute approximate surface area is 118 Å². The summed E-state index contributed by atoms with van der Waals surface area (Å²) >= 11 is 0. The zero-order chi connectivity index (χ0) is 14.1. The van der Waals surface area contributed by atoms with Gasteiger partial charge >= 0.3 is 0 Å². The molecule has 1 aliphatic carbocycles. The minimum atomic E-state index is 0.231. The van der Waals surface area contributed by atoms with Crippen molar-refractivity contribution in [1.82, 2.24) is 5.32 Å². The summed E-state index contributed by atoms with van der Waals surface area (Å²) in [6.45, 7) is 5.29. The molecule has 0 saturated heterocycles. The fourth-order valence-electron chi connectivity index (χ4n) is 3.05. The normalized spacial score (nSPS) is 25.0. The van der Waals surface area contributed by atoms with E-state index in [0.717, 1.165) is 25.8 Å². The quantitative estimate of drug-likeness (QED) is 0.710. The molecule has 112 valence electrons. The number of unbranched alkanes of at least 4 members (excludes halogenated alkanes) is 1. The molecule has 1 fully saturated rings. The van der Waals surface area contributed by atoms with Crippen molar-refractivity contribution in [2.75, 3.05) is 6.54 Å². The third-order valence-corrected chi connectivity index (χ3v) is 4.43. The lowest BCUT2D eigenvalue weighted by Gasteiger charge is -2.26. The Morgan fingerprint density at radius 2 is 2.16 bits per heavy atom. The van der Waals surface area contributed by atoms with Gasteiger partial charge in [-0.05, 0) is 37.5 Å². The first kappa shape index (κ1) is 16.5. The Hall–Kier alpha value is -0.570. The number of carbonyl (C=O) groups excluding carboxylic acids is 1. The van der Waals surface area contributed by atoms with Crippen LogP contribution in [0.3, 0.4) is 0 Å². The van der Waals surface area contributed by atoms with E-state index in [1.807, 2.05) is 0 Å². The lowest BCUT2D eigenvalue weighted by atomic mass is 9.84. The highest BCUT2D eigenvalue weighted by molar-refractivity contribution is 5.76. The van der Waals surface area contributed by atoms with E-state index in [1.165, 1.54) is 32.1 Å². The topological polar surface area (TPSA) is 55.1 Å². The first-order chi connectivity index (χ1) is 9.15. The molecule has 0 aliphatic heterocycles. The first-order valence-corrected chi connectivity index (χ1v) is 8.17. The monoisotopic (exact) mass is 268 g/mol. The van der Waals surface area contributed by atoms with Gasteiger partial charge in [0, 0.05) is 19.0 Å². The molecule has 0 aromatic carbocycles. The van der Waals surface area contributed by atoms with Crippen molar-refractivity contribution in [3.8, 4) is 0 Å². The molecular formula is C16H32N2O. The summed E-state index contributed by atoms with van der Waals surface area (Å²) < 4.78 is 0. The van der Waals surface area contributed by atoms with Crippen LogP contribution in [0.2, 0.25) is 0 Å². The molecule has 3 heteroatoms. The van der Waals surface area contributed by atoms with Crippen LogP contribution in [0.4, 0.5) is 0 Å². The molecule has 0 aromatic heterocycles. The van der Waals surface area contributed by atoms with Crippen molar-refractivity contribution in [2.24, 2.45) is 17.6 Å². The summed E-state index contributed by atoms with van der Waals surface area (Å²) in [5.74, 6) is 1.39. The second-order valence-corrected chi connectivity index (χ2v) is 6.22. The molecule has 3 nitrogen and oxygen atoms in total. The van der Waals surface area contributed by atoms with Gasteiger partial charge in [-0.3, -0.25) is 4.79 Å². The minimum Gasteiger partial charge on any atom is -0.356 e. The van der Waals surface area contributed by atoms with Crippen molar-refractivity contribution in [3.63, 3.8) is 0 Å². The largest absolute Gasteiger partial charge is 0.356 e. The standard InChI is InChI=1S/C16H32N2O/c1-3-5-7-13(4-2)12-18-16(19)11-14-8-6-9-15(17)10-14/h13-15H,3-12,17H2,1-2H3,(H,18,19). The van der Waals surface area contributed by atoms with Crippen molar-refractivity contribution in [3.05, 3.63) is 0 Å². The van der Waals surface area contributed by atoms with Gasteiger partial charge in [0.2, 0.25) is 5.91 Å². The SMILES string of the molecule is CCCCC(CC)CNC(=O)CC1CCCC(N)C1. The summed E-state index contributed by atoms with van der Waals surface area (Å²) in [6.07, 6.45) is 10.1. The average molecular weight is 268 g/mol. The van der Waals surface area contributed by atoms with Gasteiger partial charge in [0.05, 0.1) is 0 Å². The fraction of sp³-hybridized carbons (Fsp3) is 0.938. The number of amides is 1. The molecule has 3 N–H and O–H groups in total. The van der Waals surface area contributed by atoms with Gasteiger partial charge in [-0.1, -0.05) is 39.5 Å². The molecule has 0 aromatic rings. The number of hydrogen-bond donors (Lipinski definition) is 2. The summed E-state index contributed by atoms with van der Waals surface area (Å²) in [7, 11) is 0. The van der Waals surface area contributed by atoms with Gasteiger partial charge in [0.1, 0.15) is 0 Å². The number of nitrogens with one attached hydrogen (secondary N) is 1. The van der Waals surface area contributed by atoms with Crippen LogP contribution in [0.25, 0.3) is 0 Å². The predicted molar refractivity (Wildman–Crippen MR) is 80.9 cm³/mol. The lowest BCUT2D eigenvalue weighted by molar-refractivity contribution is -0.122. The van der Waals surface area contributed by atoms with Gasteiger partial charge in [0.15, 0.2) is 0 Å². The molecule has 1 amide bonds. The highest BCUT2D eigenvalue weighted by Crippen LogP contribution is 2.25. The van der Waals surface area contributed by atoms with E-state index < -0.39 is 0 Å². The smallest absolute Gasteiger partial charge is 0.220 e. The van der Waals surface area contributed by atoms with E-state index in [0.29, 0.717) is 24.3 Å². The molecule has 0 spiro atoms. The zero-order valence-corrected chi connectivity index (χ0v) is 12.8. The van der Waals surface area contributed by atoms with Gasteiger partial charge in [-0.15, -0.1) is 0 Å². The van der Waals surface area contributed by atoms with Crippen molar-refractivity contribution < 1.29 is 4.79 Å². The summed E-state index contributed by atoms with van der Waals surface area (Å²) in [4.78, 5) is 12.0. The number of carbonyl (C=O) groups is 1. The van der Waals surface area contributed by atoms with Gasteiger partial charge in [0.25, 0.3) is 0 Å². The van der Waals surface area contributed by atoms with Crippen LogP contribution in [0, 0.1) is 11.8 Å². The molecule has 1 rings (SSSR count). The fourth-order valence-corrected chi connectivity index (χ4v) is 3.05. The molecule has 0 radical (unpaired) electrons. The van der Waals surface area contributed by atoms with Gasteiger partial charge in [-0.25, -0.2) is 0 Å². The van der Waals surface area contributed by atoms with E-state index in [2.05, 4.69) is 19.2 Å². The molecule has 0 bridgehead atoms. The molecule has 1 saturated carbocycles. The number of nitrogens with two attached hydrogens (primary N) is 1. The molecular weight excluding hydrogens is 236 g/mol. The van der Waals surface area contributed by atoms with Crippen LogP contribution in [0.5, 0.6) is 0 Å². The second kappa shape index (κ2) is 9.35. The minimum absolute atomic E-state index is 0.231. The second-order valence-electron chi connectivity index (χ2n) is 6.22. The lowest BCUT2D eigenvalue weighted by Crippen LogP contribution is -2.34. The molecule has 3 atom stereocenters. The molecule has 0 heterocycles. The van der Waals surface area contributed by atoms with Gasteiger partial charge in [-0.2, -0.15) is 0 Å². The maximum Gasteiger partial charge on any atom is 0.220 e. The van der Waals surface area contributed by atoms with E-state index in [1.54, 1.807) is 0 Å². The highest BCUT2D eigenvalue weighted by atomic mass is 16.1. The predicted octanol–water partition coefficient (Wildman–Crippen LogP) is 3.23. The molecule has 1 aliphatic rings. The Kier molecular flexibility index (Phi) is 8.11. The molecule has 19 heavy (non-hydrogen) atoms. The third-order valence-electron chi connectivity index (χ3n) is 4.43. The summed E-state index contributed by atoms with van der Waals surface area (Å²) in [5, 5.41) is 3.12. The van der Waals surface area contributed by atoms with E-state index >= 15 is 0 Å². The maximum atomic E-state index is 12.0. The van der Waals surface area contributed by atoms with E-state index in [4.69, 9.17) is 5.73 Å². The van der Waals surface area contributed by atoms with Crippen LogP contribution in [0.15, 0.2) is 0 Å².